The fourth-order valence-electron chi connectivity index (χ4n) is 3.50. The first kappa shape index (κ1) is 17.6. The van der Waals surface area contributed by atoms with Crippen LogP contribution in [0.25, 0.3) is 0 Å². The van der Waals surface area contributed by atoms with E-state index in [0.717, 1.165) is 31.7 Å². The van der Waals surface area contributed by atoms with Gasteiger partial charge >= 0.3 is 5.97 Å². The second kappa shape index (κ2) is 8.27. The molecule has 2 saturated heterocycles. The Morgan fingerprint density at radius 2 is 1.84 bits per heavy atom. The first-order valence-electron chi connectivity index (χ1n) is 9.22. The molecule has 3 rings (SSSR count). The minimum Gasteiger partial charge on any atom is -0.466 e. The van der Waals surface area contributed by atoms with Gasteiger partial charge < -0.3 is 14.5 Å². The maximum Gasteiger partial charge on any atom is 0.309 e. The number of rotatable bonds is 4. The summed E-state index contributed by atoms with van der Waals surface area (Å²) in [6.45, 7) is 5.30. The second-order valence-electron chi connectivity index (χ2n) is 6.63. The Morgan fingerprint density at radius 1 is 1.12 bits per heavy atom. The average Bonchev–Trinajstić information content (AvgIpc) is 2.68. The lowest BCUT2D eigenvalue weighted by Gasteiger charge is -2.31. The Morgan fingerprint density at radius 3 is 2.52 bits per heavy atom. The Labute approximate surface area is 148 Å². The van der Waals surface area contributed by atoms with Gasteiger partial charge in [0.1, 0.15) is 17.8 Å². The van der Waals surface area contributed by atoms with Crippen LogP contribution in [-0.2, 0) is 9.53 Å². The van der Waals surface area contributed by atoms with Crippen molar-refractivity contribution >= 4 is 17.7 Å². The minimum atomic E-state index is -0.149. The molecule has 0 spiro atoms. The molecule has 2 fully saturated rings. The number of ether oxygens (including phenoxy) is 1. The van der Waals surface area contributed by atoms with E-state index in [-0.39, 0.29) is 17.8 Å². The van der Waals surface area contributed by atoms with Gasteiger partial charge in [0.05, 0.1) is 12.5 Å². The third-order valence-corrected chi connectivity index (χ3v) is 4.95. The normalized spacial score (nSPS) is 18.9. The molecular weight excluding hydrogens is 320 g/mol. The summed E-state index contributed by atoms with van der Waals surface area (Å²) in [5.74, 6) is 0.504. The third kappa shape index (κ3) is 4.27. The average molecular weight is 346 g/mol. The number of likely N-dealkylation sites (tertiary alicyclic amines) is 1. The fraction of sp³-hybridized carbons (Fsp3) is 0.667. The van der Waals surface area contributed by atoms with Gasteiger partial charge in [-0.25, -0.2) is 9.97 Å². The van der Waals surface area contributed by atoms with E-state index in [2.05, 4.69) is 14.9 Å². The van der Waals surface area contributed by atoms with E-state index >= 15 is 0 Å². The number of nitrogens with zero attached hydrogens (tertiary/aromatic N) is 4. The molecule has 2 aliphatic rings. The van der Waals surface area contributed by atoms with E-state index in [9.17, 15) is 9.59 Å². The number of hydrogen-bond acceptors (Lipinski definition) is 6. The molecule has 7 nitrogen and oxygen atoms in total. The molecular formula is C18H26N4O3. The van der Waals surface area contributed by atoms with Gasteiger partial charge in [-0.2, -0.15) is 0 Å². The molecule has 0 bridgehead atoms. The van der Waals surface area contributed by atoms with Crippen LogP contribution in [-0.4, -0.2) is 59.5 Å². The van der Waals surface area contributed by atoms with Crippen LogP contribution in [0.1, 0.15) is 49.5 Å². The number of anilines is 1. The molecule has 136 valence electrons. The number of aromatic nitrogens is 2. The topological polar surface area (TPSA) is 75.6 Å². The van der Waals surface area contributed by atoms with Crippen molar-refractivity contribution in [3.8, 4) is 0 Å². The Balaban J connectivity index is 1.61. The molecule has 0 aromatic carbocycles. The summed E-state index contributed by atoms with van der Waals surface area (Å²) in [4.78, 5) is 37.0. The number of carbonyl (C=O) groups is 2. The summed E-state index contributed by atoms with van der Waals surface area (Å²) in [6, 6.07) is 1.80. The maximum absolute atomic E-state index is 12.7. The number of amides is 1. The van der Waals surface area contributed by atoms with Crippen LogP contribution in [0.15, 0.2) is 12.4 Å². The van der Waals surface area contributed by atoms with E-state index in [1.165, 1.54) is 12.7 Å². The summed E-state index contributed by atoms with van der Waals surface area (Å²) in [6.07, 6.45) is 6.35. The third-order valence-electron chi connectivity index (χ3n) is 4.95. The van der Waals surface area contributed by atoms with Crippen LogP contribution >= 0.6 is 0 Å². The molecule has 7 heteroatoms. The summed E-state index contributed by atoms with van der Waals surface area (Å²) >= 11 is 0. The molecule has 1 aromatic rings. The van der Waals surface area contributed by atoms with E-state index in [4.69, 9.17) is 4.74 Å². The SMILES string of the molecule is CCOC(=O)C1CCN(C(=O)c2cc(N3CCCCC3)ncn2)CC1. The van der Waals surface area contributed by atoms with Crippen LogP contribution in [0.2, 0.25) is 0 Å². The number of hydrogen-bond donors (Lipinski definition) is 0. The molecule has 1 aromatic heterocycles. The van der Waals surface area contributed by atoms with E-state index < -0.39 is 0 Å². The Kier molecular flexibility index (Phi) is 5.83. The first-order chi connectivity index (χ1) is 12.2. The Bertz CT molecular complexity index is 608. The van der Waals surface area contributed by atoms with Gasteiger partial charge in [0.15, 0.2) is 0 Å². The van der Waals surface area contributed by atoms with Gasteiger partial charge in [0.25, 0.3) is 5.91 Å². The van der Waals surface area contributed by atoms with Crippen LogP contribution in [0, 0.1) is 5.92 Å². The molecule has 1 amide bonds. The number of piperidine rings is 2. The van der Waals surface area contributed by atoms with Crippen LogP contribution in [0.4, 0.5) is 5.82 Å². The largest absolute Gasteiger partial charge is 0.466 e. The lowest BCUT2D eigenvalue weighted by atomic mass is 9.97. The summed E-state index contributed by atoms with van der Waals surface area (Å²) in [5, 5.41) is 0. The van der Waals surface area contributed by atoms with Gasteiger partial charge in [0, 0.05) is 32.2 Å². The van der Waals surface area contributed by atoms with Crippen molar-refractivity contribution in [3.05, 3.63) is 18.1 Å². The standard InChI is InChI=1S/C18H26N4O3/c1-2-25-18(24)14-6-10-22(11-7-14)17(23)15-12-16(20-13-19-15)21-8-4-3-5-9-21/h12-14H,2-11H2,1H3. The summed E-state index contributed by atoms with van der Waals surface area (Å²) in [5.41, 5.74) is 0.435. The van der Waals surface area contributed by atoms with Crippen molar-refractivity contribution in [2.24, 2.45) is 5.92 Å². The van der Waals surface area contributed by atoms with Crippen LogP contribution in [0.3, 0.4) is 0 Å². The minimum absolute atomic E-state index is 0.0806. The van der Waals surface area contributed by atoms with Crippen molar-refractivity contribution in [1.29, 1.82) is 0 Å². The molecule has 0 atom stereocenters. The summed E-state index contributed by atoms with van der Waals surface area (Å²) < 4.78 is 5.08. The molecule has 0 saturated carbocycles. The van der Waals surface area contributed by atoms with Crippen molar-refractivity contribution < 1.29 is 14.3 Å². The highest BCUT2D eigenvalue weighted by Gasteiger charge is 2.29. The van der Waals surface area contributed by atoms with E-state index in [0.29, 0.717) is 38.2 Å². The highest BCUT2D eigenvalue weighted by molar-refractivity contribution is 5.93. The van der Waals surface area contributed by atoms with Gasteiger partial charge in [0.2, 0.25) is 0 Å². The zero-order valence-corrected chi connectivity index (χ0v) is 14.8. The molecule has 0 radical (unpaired) electrons. The van der Waals surface area contributed by atoms with Gasteiger partial charge in [-0.15, -0.1) is 0 Å². The predicted octanol–water partition coefficient (Wildman–Crippen LogP) is 1.88. The number of esters is 1. The quantitative estimate of drug-likeness (QED) is 0.775. The lowest BCUT2D eigenvalue weighted by Crippen LogP contribution is -2.41. The highest BCUT2D eigenvalue weighted by atomic mass is 16.5. The lowest BCUT2D eigenvalue weighted by molar-refractivity contribution is -0.149. The van der Waals surface area contributed by atoms with Crippen molar-refractivity contribution in [2.75, 3.05) is 37.7 Å². The zero-order valence-electron chi connectivity index (χ0n) is 14.8. The molecule has 0 N–H and O–H groups in total. The van der Waals surface area contributed by atoms with Crippen LogP contribution in [0.5, 0.6) is 0 Å². The molecule has 2 aliphatic heterocycles. The van der Waals surface area contributed by atoms with E-state index in [1.807, 2.05) is 6.92 Å². The molecule has 3 heterocycles. The monoisotopic (exact) mass is 346 g/mol. The zero-order chi connectivity index (χ0) is 17.6. The Hall–Kier alpha value is -2.18. The van der Waals surface area contributed by atoms with Crippen LogP contribution < -0.4 is 4.90 Å². The first-order valence-corrected chi connectivity index (χ1v) is 9.22. The van der Waals surface area contributed by atoms with Gasteiger partial charge in [-0.05, 0) is 39.0 Å². The van der Waals surface area contributed by atoms with E-state index in [1.54, 1.807) is 11.0 Å². The van der Waals surface area contributed by atoms with Crippen molar-refractivity contribution in [2.45, 2.75) is 39.0 Å². The predicted molar refractivity (Wildman–Crippen MR) is 93.4 cm³/mol. The molecule has 0 unspecified atom stereocenters. The van der Waals surface area contributed by atoms with Gasteiger partial charge in [-0.1, -0.05) is 0 Å². The summed E-state index contributed by atoms with van der Waals surface area (Å²) in [7, 11) is 0. The molecule has 0 aliphatic carbocycles. The van der Waals surface area contributed by atoms with Crippen molar-refractivity contribution in [1.82, 2.24) is 14.9 Å². The number of carbonyl (C=O) groups excluding carboxylic acids is 2. The van der Waals surface area contributed by atoms with Gasteiger partial charge in [-0.3, -0.25) is 9.59 Å². The molecule has 25 heavy (non-hydrogen) atoms. The maximum atomic E-state index is 12.7. The highest BCUT2D eigenvalue weighted by Crippen LogP contribution is 2.22. The van der Waals surface area contributed by atoms with Crippen molar-refractivity contribution in [3.63, 3.8) is 0 Å². The second-order valence-corrected chi connectivity index (χ2v) is 6.63. The fourth-order valence-corrected chi connectivity index (χ4v) is 3.50. The smallest absolute Gasteiger partial charge is 0.309 e.